The number of fused-ring (bicyclic) bond motifs is 1. The molecule has 0 radical (unpaired) electrons. The van der Waals surface area contributed by atoms with Gasteiger partial charge in [0.05, 0.1) is 17.6 Å². The first-order valence-corrected chi connectivity index (χ1v) is 10.0. The summed E-state index contributed by atoms with van der Waals surface area (Å²) in [6.07, 6.45) is 0.495. The van der Waals surface area contributed by atoms with E-state index in [0.29, 0.717) is 29.3 Å². The Morgan fingerprint density at radius 3 is 2.53 bits per heavy atom. The molecule has 4 rings (SSSR count). The molecule has 7 nitrogen and oxygen atoms in total. The van der Waals surface area contributed by atoms with Crippen LogP contribution in [0.3, 0.4) is 0 Å². The van der Waals surface area contributed by atoms with Crippen LogP contribution in [0, 0.1) is 0 Å². The molecule has 2 aliphatic rings. The van der Waals surface area contributed by atoms with Gasteiger partial charge in [-0.15, -0.1) is 0 Å². The Hall–Kier alpha value is -3.06. The van der Waals surface area contributed by atoms with Crippen molar-refractivity contribution in [3.63, 3.8) is 0 Å². The highest BCUT2D eigenvalue weighted by molar-refractivity contribution is 6.30. The van der Waals surface area contributed by atoms with Gasteiger partial charge in [0.1, 0.15) is 5.75 Å². The average Bonchev–Trinajstić information content (AvgIpc) is 3.58. The lowest BCUT2D eigenvalue weighted by molar-refractivity contribution is -0.150. The second kappa shape index (κ2) is 7.99. The number of carbonyl (C=O) groups is 3. The molecule has 0 bridgehead atoms. The molecule has 156 valence electrons. The summed E-state index contributed by atoms with van der Waals surface area (Å²) < 4.78 is 11.1. The molecule has 2 aromatic carbocycles. The molecule has 0 saturated heterocycles. The largest absolute Gasteiger partial charge is 0.477 e. The van der Waals surface area contributed by atoms with Gasteiger partial charge in [-0.25, -0.2) is 0 Å². The molecule has 1 aliphatic heterocycles. The van der Waals surface area contributed by atoms with Crippen molar-refractivity contribution in [2.75, 3.05) is 25.1 Å². The number of amides is 2. The van der Waals surface area contributed by atoms with Gasteiger partial charge >= 0.3 is 5.97 Å². The van der Waals surface area contributed by atoms with Gasteiger partial charge < -0.3 is 19.7 Å². The second-order valence-electron chi connectivity index (χ2n) is 7.36. The van der Waals surface area contributed by atoms with Crippen LogP contribution in [0.4, 0.5) is 5.69 Å². The Labute approximate surface area is 178 Å². The summed E-state index contributed by atoms with van der Waals surface area (Å²) >= 11 is 5.93. The van der Waals surface area contributed by atoms with Crippen molar-refractivity contribution in [3.05, 3.63) is 59.1 Å². The first kappa shape index (κ1) is 20.2. The first-order valence-electron chi connectivity index (χ1n) is 9.65. The van der Waals surface area contributed by atoms with Crippen molar-refractivity contribution < 1.29 is 23.9 Å². The first-order chi connectivity index (χ1) is 14.4. The summed E-state index contributed by atoms with van der Waals surface area (Å²) in [6.45, 7) is -0.377. The molecule has 1 aliphatic carbocycles. The van der Waals surface area contributed by atoms with Crippen LogP contribution in [-0.2, 0) is 24.5 Å². The minimum atomic E-state index is -0.839. The van der Waals surface area contributed by atoms with Crippen molar-refractivity contribution in [1.82, 2.24) is 5.32 Å². The molecule has 1 unspecified atom stereocenters. The molecule has 8 heteroatoms. The predicted molar refractivity (Wildman–Crippen MR) is 111 cm³/mol. The molecule has 1 heterocycles. The third-order valence-electron chi connectivity index (χ3n) is 5.48. The number of nitrogens with zero attached hydrogens (tertiary/aromatic N) is 1. The summed E-state index contributed by atoms with van der Waals surface area (Å²) in [4.78, 5) is 39.1. The molecular formula is C22H21ClN2O5. The highest BCUT2D eigenvalue weighted by atomic mass is 35.5. The van der Waals surface area contributed by atoms with E-state index in [-0.39, 0.29) is 12.5 Å². The summed E-state index contributed by atoms with van der Waals surface area (Å²) in [5.74, 6) is -0.752. The molecular weight excluding hydrogens is 408 g/mol. The quantitative estimate of drug-likeness (QED) is 0.739. The normalized spacial score (nSPS) is 18.6. The Balaban J connectivity index is 1.46. The number of benzene rings is 2. The third kappa shape index (κ3) is 3.73. The van der Waals surface area contributed by atoms with Gasteiger partial charge in [-0.1, -0.05) is 35.9 Å². The maximum atomic E-state index is 12.9. The maximum absolute atomic E-state index is 12.9. The number of para-hydroxylation sites is 2. The van der Waals surface area contributed by atoms with Gasteiger partial charge in [0.15, 0.2) is 12.7 Å². The van der Waals surface area contributed by atoms with Gasteiger partial charge in [0.2, 0.25) is 0 Å². The lowest BCUT2D eigenvalue weighted by Gasteiger charge is -2.33. The Kier molecular flexibility index (Phi) is 5.39. The van der Waals surface area contributed by atoms with E-state index in [2.05, 4.69) is 5.32 Å². The van der Waals surface area contributed by atoms with Crippen molar-refractivity contribution in [3.8, 4) is 5.75 Å². The van der Waals surface area contributed by atoms with Crippen LogP contribution in [0.2, 0.25) is 5.02 Å². The smallest absolute Gasteiger partial charge is 0.317 e. The van der Waals surface area contributed by atoms with E-state index in [0.717, 1.165) is 5.56 Å². The lowest BCUT2D eigenvalue weighted by atomic mass is 9.96. The van der Waals surface area contributed by atoms with E-state index >= 15 is 0 Å². The molecule has 30 heavy (non-hydrogen) atoms. The molecule has 1 atom stereocenters. The van der Waals surface area contributed by atoms with Crippen molar-refractivity contribution >= 4 is 35.1 Å². The number of rotatable bonds is 5. The van der Waals surface area contributed by atoms with Crippen molar-refractivity contribution in [2.45, 2.75) is 24.4 Å². The van der Waals surface area contributed by atoms with Crippen LogP contribution >= 0.6 is 11.6 Å². The third-order valence-corrected chi connectivity index (χ3v) is 5.73. The van der Waals surface area contributed by atoms with Crippen LogP contribution in [0.15, 0.2) is 48.5 Å². The average molecular weight is 429 g/mol. The lowest BCUT2D eigenvalue weighted by Crippen LogP contribution is -2.51. The predicted octanol–water partition coefficient (Wildman–Crippen LogP) is 2.46. The fourth-order valence-corrected chi connectivity index (χ4v) is 3.74. The zero-order valence-corrected chi connectivity index (χ0v) is 17.1. The summed E-state index contributed by atoms with van der Waals surface area (Å²) in [6, 6.07) is 14.0. The molecule has 0 spiro atoms. The van der Waals surface area contributed by atoms with Gasteiger partial charge in [0.25, 0.3) is 11.8 Å². The Morgan fingerprint density at radius 1 is 1.17 bits per heavy atom. The molecule has 1 saturated carbocycles. The topological polar surface area (TPSA) is 84.9 Å². The number of esters is 1. The van der Waals surface area contributed by atoms with Gasteiger partial charge in [-0.2, -0.15) is 0 Å². The monoisotopic (exact) mass is 428 g/mol. The van der Waals surface area contributed by atoms with E-state index in [9.17, 15) is 14.4 Å². The summed E-state index contributed by atoms with van der Waals surface area (Å²) in [7, 11) is 1.51. The fraction of sp³-hybridized carbons (Fsp3) is 0.318. The van der Waals surface area contributed by atoms with Crippen LogP contribution in [0.25, 0.3) is 0 Å². The molecule has 0 aromatic heterocycles. The Bertz CT molecular complexity index is 987. The van der Waals surface area contributed by atoms with Crippen LogP contribution in [0.5, 0.6) is 5.75 Å². The number of carbonyl (C=O) groups excluding carboxylic acids is 3. The highest BCUT2D eigenvalue weighted by Gasteiger charge is 2.53. The maximum Gasteiger partial charge on any atom is 0.317 e. The van der Waals surface area contributed by atoms with Crippen LogP contribution in [-0.4, -0.2) is 44.1 Å². The molecule has 2 aromatic rings. The van der Waals surface area contributed by atoms with Crippen LogP contribution in [0.1, 0.15) is 18.4 Å². The van der Waals surface area contributed by atoms with Gasteiger partial charge in [0, 0.05) is 12.1 Å². The summed E-state index contributed by atoms with van der Waals surface area (Å²) in [5.41, 5.74) is 0.664. The number of anilines is 1. The van der Waals surface area contributed by atoms with Crippen molar-refractivity contribution in [2.24, 2.45) is 0 Å². The molecule has 2 amide bonds. The number of likely N-dealkylation sites (N-methyl/N-ethyl adjacent to an activating group) is 1. The second-order valence-corrected chi connectivity index (χ2v) is 7.79. The number of hydrogen-bond acceptors (Lipinski definition) is 5. The molecule has 1 N–H and O–H groups in total. The summed E-state index contributed by atoms with van der Waals surface area (Å²) in [5, 5.41) is 3.12. The van der Waals surface area contributed by atoms with Crippen molar-refractivity contribution in [1.29, 1.82) is 0 Å². The number of halogens is 1. The highest BCUT2D eigenvalue weighted by Crippen LogP contribution is 2.49. The van der Waals surface area contributed by atoms with E-state index < -0.39 is 30.0 Å². The SMILES string of the molecule is CNC(=O)C1CN(C(=O)COC(=O)C2(c3ccc(Cl)cc3)CC2)c2ccccc2O1. The zero-order valence-electron chi connectivity index (χ0n) is 16.4. The zero-order chi connectivity index (χ0) is 21.3. The van der Waals surface area contributed by atoms with E-state index in [1.165, 1.54) is 11.9 Å². The van der Waals surface area contributed by atoms with Gasteiger partial charge in [-0.3, -0.25) is 14.4 Å². The minimum absolute atomic E-state index is 0.0371. The van der Waals surface area contributed by atoms with E-state index in [4.69, 9.17) is 21.1 Å². The number of hydrogen-bond donors (Lipinski definition) is 1. The van der Waals surface area contributed by atoms with Gasteiger partial charge in [-0.05, 0) is 42.7 Å². The minimum Gasteiger partial charge on any atom is -0.477 e. The number of ether oxygens (including phenoxy) is 2. The van der Waals surface area contributed by atoms with E-state index in [1.807, 2.05) is 12.1 Å². The van der Waals surface area contributed by atoms with E-state index in [1.54, 1.807) is 36.4 Å². The Morgan fingerprint density at radius 2 is 1.87 bits per heavy atom. The van der Waals surface area contributed by atoms with Crippen LogP contribution < -0.4 is 15.0 Å². The number of nitrogens with one attached hydrogen (secondary N) is 1. The molecule has 1 fully saturated rings. The fourth-order valence-electron chi connectivity index (χ4n) is 3.62. The standard InChI is InChI=1S/C22H21ClN2O5/c1-24-20(27)18-12-25(16-4-2-3-5-17(16)30-18)19(26)13-29-21(28)22(10-11-22)14-6-8-15(23)9-7-14/h2-9,18H,10-13H2,1H3,(H,24,27).